The third kappa shape index (κ3) is 4.22. The maximum absolute atomic E-state index is 5.79. The van der Waals surface area contributed by atoms with E-state index in [0.29, 0.717) is 18.2 Å². The van der Waals surface area contributed by atoms with E-state index in [2.05, 4.69) is 43.4 Å². The fourth-order valence-electron chi connectivity index (χ4n) is 2.83. The van der Waals surface area contributed by atoms with Crippen LogP contribution in [0.1, 0.15) is 32.3 Å². The van der Waals surface area contributed by atoms with Crippen LogP contribution in [0.25, 0.3) is 0 Å². The van der Waals surface area contributed by atoms with E-state index in [9.17, 15) is 0 Å². The monoisotopic (exact) mass is 263 g/mol. The summed E-state index contributed by atoms with van der Waals surface area (Å²) in [6.07, 6.45) is 3.78. The Balaban J connectivity index is 2.01. The fourth-order valence-corrected chi connectivity index (χ4v) is 2.83. The predicted octanol–water partition coefficient (Wildman–Crippen LogP) is 3.24. The van der Waals surface area contributed by atoms with E-state index in [1.54, 1.807) is 7.11 Å². The molecule has 0 aliphatic carbocycles. The zero-order chi connectivity index (χ0) is 13.7. The van der Waals surface area contributed by atoms with Crippen LogP contribution in [0.15, 0.2) is 24.3 Å². The van der Waals surface area contributed by atoms with Crippen molar-refractivity contribution >= 4 is 5.69 Å². The number of nitrogens with one attached hydrogen (secondary N) is 1. The zero-order valence-corrected chi connectivity index (χ0v) is 12.2. The van der Waals surface area contributed by atoms with Crippen LogP contribution in [0.2, 0.25) is 0 Å². The van der Waals surface area contributed by atoms with Crippen LogP contribution in [-0.4, -0.2) is 32.0 Å². The molecular formula is C16H25NO2. The molecule has 1 aliphatic heterocycles. The lowest BCUT2D eigenvalue weighted by molar-refractivity contribution is -0.0337. The Kier molecular flexibility index (Phi) is 5.23. The van der Waals surface area contributed by atoms with E-state index in [1.165, 1.54) is 11.3 Å². The summed E-state index contributed by atoms with van der Waals surface area (Å²) in [6.45, 7) is 5.07. The molecule has 106 valence electrons. The number of methoxy groups -OCH3 is 1. The minimum absolute atomic E-state index is 0.340. The van der Waals surface area contributed by atoms with Crippen LogP contribution in [-0.2, 0) is 15.9 Å². The molecule has 3 heteroatoms. The summed E-state index contributed by atoms with van der Waals surface area (Å²) < 4.78 is 11.0. The summed E-state index contributed by atoms with van der Waals surface area (Å²) in [5, 5.41) is 3.68. The largest absolute Gasteiger partial charge is 0.384 e. The van der Waals surface area contributed by atoms with Gasteiger partial charge in [0.2, 0.25) is 0 Å². The number of benzene rings is 1. The summed E-state index contributed by atoms with van der Waals surface area (Å²) in [7, 11) is 1.75. The van der Waals surface area contributed by atoms with Crippen molar-refractivity contribution in [1.82, 2.24) is 0 Å². The van der Waals surface area contributed by atoms with Gasteiger partial charge < -0.3 is 14.8 Å². The van der Waals surface area contributed by atoms with Gasteiger partial charge in [0.15, 0.2) is 0 Å². The lowest BCUT2D eigenvalue weighted by Crippen LogP contribution is -2.37. The average molecular weight is 263 g/mol. The minimum atomic E-state index is 0.340. The first-order valence-electron chi connectivity index (χ1n) is 7.18. The number of para-hydroxylation sites is 1. The molecule has 1 fully saturated rings. The van der Waals surface area contributed by atoms with Crippen molar-refractivity contribution in [3.05, 3.63) is 29.8 Å². The molecule has 1 aromatic carbocycles. The van der Waals surface area contributed by atoms with Crippen molar-refractivity contribution in [2.45, 2.75) is 51.4 Å². The molecule has 19 heavy (non-hydrogen) atoms. The number of hydrogen-bond acceptors (Lipinski definition) is 3. The average Bonchev–Trinajstić information content (AvgIpc) is 2.36. The van der Waals surface area contributed by atoms with Gasteiger partial charge in [0.25, 0.3) is 0 Å². The second kappa shape index (κ2) is 6.92. The second-order valence-corrected chi connectivity index (χ2v) is 5.47. The van der Waals surface area contributed by atoms with Crippen LogP contribution in [0.4, 0.5) is 5.69 Å². The molecule has 2 unspecified atom stereocenters. The Morgan fingerprint density at radius 2 is 1.89 bits per heavy atom. The van der Waals surface area contributed by atoms with Crippen molar-refractivity contribution in [3.63, 3.8) is 0 Å². The fraction of sp³-hybridized carbons (Fsp3) is 0.625. The van der Waals surface area contributed by atoms with Crippen molar-refractivity contribution < 1.29 is 9.47 Å². The Labute approximate surface area is 116 Å². The van der Waals surface area contributed by atoms with Gasteiger partial charge in [-0.15, -0.1) is 0 Å². The molecule has 0 radical (unpaired) electrons. The van der Waals surface area contributed by atoms with E-state index in [4.69, 9.17) is 9.47 Å². The molecule has 0 spiro atoms. The van der Waals surface area contributed by atoms with Gasteiger partial charge in [-0.25, -0.2) is 0 Å². The van der Waals surface area contributed by atoms with Crippen LogP contribution in [0.5, 0.6) is 0 Å². The van der Waals surface area contributed by atoms with Gasteiger partial charge in [0.05, 0.1) is 18.8 Å². The zero-order valence-electron chi connectivity index (χ0n) is 12.2. The summed E-state index contributed by atoms with van der Waals surface area (Å²) in [5.41, 5.74) is 2.57. The SMILES string of the molecule is COCCc1ccccc1NC1CC(C)OC(C)C1. The highest BCUT2D eigenvalue weighted by Crippen LogP contribution is 2.24. The summed E-state index contributed by atoms with van der Waals surface area (Å²) in [5.74, 6) is 0. The Bertz CT molecular complexity index is 384. The van der Waals surface area contributed by atoms with E-state index >= 15 is 0 Å². The smallest absolute Gasteiger partial charge is 0.0570 e. The first kappa shape index (κ1) is 14.4. The Morgan fingerprint density at radius 1 is 1.21 bits per heavy atom. The number of ether oxygens (including phenoxy) is 2. The number of rotatable bonds is 5. The predicted molar refractivity (Wildman–Crippen MR) is 78.7 cm³/mol. The maximum Gasteiger partial charge on any atom is 0.0570 e. The minimum Gasteiger partial charge on any atom is -0.384 e. The highest BCUT2D eigenvalue weighted by molar-refractivity contribution is 5.52. The van der Waals surface area contributed by atoms with Gasteiger partial charge in [0.1, 0.15) is 0 Å². The van der Waals surface area contributed by atoms with Crippen LogP contribution in [0.3, 0.4) is 0 Å². The Morgan fingerprint density at radius 3 is 2.58 bits per heavy atom. The van der Waals surface area contributed by atoms with Crippen LogP contribution < -0.4 is 5.32 Å². The molecule has 1 saturated heterocycles. The third-order valence-electron chi connectivity index (χ3n) is 3.65. The van der Waals surface area contributed by atoms with Crippen LogP contribution >= 0.6 is 0 Å². The summed E-state index contributed by atoms with van der Waals surface area (Å²) >= 11 is 0. The topological polar surface area (TPSA) is 30.5 Å². The molecule has 0 amide bonds. The highest BCUT2D eigenvalue weighted by Gasteiger charge is 2.24. The first-order chi connectivity index (χ1) is 9.19. The quantitative estimate of drug-likeness (QED) is 0.884. The molecule has 1 N–H and O–H groups in total. The lowest BCUT2D eigenvalue weighted by atomic mass is 9.98. The van der Waals surface area contributed by atoms with Crippen LogP contribution in [0, 0.1) is 0 Å². The van der Waals surface area contributed by atoms with Crippen molar-refractivity contribution in [2.24, 2.45) is 0 Å². The van der Waals surface area contributed by atoms with Crippen molar-refractivity contribution in [1.29, 1.82) is 0 Å². The summed E-state index contributed by atoms with van der Waals surface area (Å²) in [4.78, 5) is 0. The van der Waals surface area contributed by atoms with Gasteiger partial charge >= 0.3 is 0 Å². The molecule has 2 atom stereocenters. The van der Waals surface area contributed by atoms with Gasteiger partial charge in [-0.05, 0) is 44.7 Å². The molecule has 0 saturated carbocycles. The van der Waals surface area contributed by atoms with E-state index in [-0.39, 0.29) is 0 Å². The van der Waals surface area contributed by atoms with Gasteiger partial charge in [-0.1, -0.05) is 18.2 Å². The van der Waals surface area contributed by atoms with Gasteiger partial charge in [-0.3, -0.25) is 0 Å². The van der Waals surface area contributed by atoms with Crippen molar-refractivity contribution in [3.8, 4) is 0 Å². The normalized spacial score (nSPS) is 27.2. The molecule has 0 aromatic heterocycles. The van der Waals surface area contributed by atoms with E-state index < -0.39 is 0 Å². The highest BCUT2D eigenvalue weighted by atomic mass is 16.5. The Hall–Kier alpha value is -1.06. The molecule has 0 bridgehead atoms. The molecule has 1 aromatic rings. The van der Waals surface area contributed by atoms with Gasteiger partial charge in [-0.2, -0.15) is 0 Å². The number of anilines is 1. The first-order valence-corrected chi connectivity index (χ1v) is 7.18. The van der Waals surface area contributed by atoms with Crippen molar-refractivity contribution in [2.75, 3.05) is 19.0 Å². The molecule has 2 rings (SSSR count). The second-order valence-electron chi connectivity index (χ2n) is 5.47. The summed E-state index contributed by atoms with van der Waals surface area (Å²) in [6, 6.07) is 9.02. The van der Waals surface area contributed by atoms with Gasteiger partial charge in [0, 0.05) is 18.8 Å². The molecular weight excluding hydrogens is 238 g/mol. The van der Waals surface area contributed by atoms with E-state index in [1.807, 2.05) is 0 Å². The number of hydrogen-bond donors (Lipinski definition) is 1. The molecule has 3 nitrogen and oxygen atoms in total. The lowest BCUT2D eigenvalue weighted by Gasteiger charge is -2.33. The standard InChI is InChI=1S/C16H25NO2/c1-12-10-15(11-13(2)19-12)17-16-7-5-4-6-14(16)8-9-18-3/h4-7,12-13,15,17H,8-11H2,1-3H3. The molecule has 1 aliphatic rings. The third-order valence-corrected chi connectivity index (χ3v) is 3.65. The molecule has 1 heterocycles. The van der Waals surface area contributed by atoms with E-state index in [0.717, 1.165) is 25.9 Å². The maximum atomic E-state index is 5.79.